The van der Waals surface area contributed by atoms with Crippen LogP contribution in [0.3, 0.4) is 0 Å². The Morgan fingerprint density at radius 2 is 2.19 bits per heavy atom. The van der Waals surface area contributed by atoms with Gasteiger partial charge in [0.1, 0.15) is 6.26 Å². The molecule has 0 atom stereocenters. The minimum Gasteiger partial charge on any atom is -0.472 e. The number of rotatable bonds is 5. The fraction of sp³-hybridized carbons (Fsp3) is 0.571. The standard InChI is InChI=1S/C14H19FN2O4/c1-20-9-5-16-13(19)14(15)3-6-17(7-4-14)12(18)11-2-8-21-10-11/h2,8,10H,3-7,9H2,1H3,(H,16,19). The van der Waals surface area contributed by atoms with Crippen LogP contribution in [-0.4, -0.2) is 55.7 Å². The van der Waals surface area contributed by atoms with Gasteiger partial charge >= 0.3 is 0 Å². The molecule has 1 saturated heterocycles. The molecular weight excluding hydrogens is 279 g/mol. The van der Waals surface area contributed by atoms with Gasteiger partial charge in [-0.25, -0.2) is 4.39 Å². The van der Waals surface area contributed by atoms with Crippen LogP contribution in [0.1, 0.15) is 23.2 Å². The zero-order chi connectivity index (χ0) is 15.3. The number of alkyl halides is 1. The molecule has 6 nitrogen and oxygen atoms in total. The molecule has 0 unspecified atom stereocenters. The Hall–Kier alpha value is -1.89. The lowest BCUT2D eigenvalue weighted by atomic mass is 9.92. The number of methoxy groups -OCH3 is 1. The van der Waals surface area contributed by atoms with Crippen LogP contribution in [0.25, 0.3) is 0 Å². The van der Waals surface area contributed by atoms with Crippen molar-refractivity contribution in [2.75, 3.05) is 33.4 Å². The number of carbonyl (C=O) groups is 2. The van der Waals surface area contributed by atoms with E-state index in [0.29, 0.717) is 12.2 Å². The van der Waals surface area contributed by atoms with Gasteiger partial charge in [-0.3, -0.25) is 9.59 Å². The molecule has 2 rings (SSSR count). The topological polar surface area (TPSA) is 71.8 Å². The summed E-state index contributed by atoms with van der Waals surface area (Å²) < 4.78 is 24.2. The highest BCUT2D eigenvalue weighted by atomic mass is 19.1. The van der Waals surface area contributed by atoms with Crippen LogP contribution in [0.5, 0.6) is 0 Å². The van der Waals surface area contributed by atoms with Crippen molar-refractivity contribution >= 4 is 11.8 Å². The van der Waals surface area contributed by atoms with Crippen molar-refractivity contribution in [2.24, 2.45) is 0 Å². The van der Waals surface area contributed by atoms with E-state index in [1.807, 2.05) is 0 Å². The molecule has 0 saturated carbocycles. The summed E-state index contributed by atoms with van der Waals surface area (Å²) >= 11 is 0. The molecule has 0 spiro atoms. The highest BCUT2D eigenvalue weighted by Gasteiger charge is 2.42. The van der Waals surface area contributed by atoms with Gasteiger partial charge in [-0.15, -0.1) is 0 Å². The lowest BCUT2D eigenvalue weighted by Gasteiger charge is -2.35. The van der Waals surface area contributed by atoms with Gasteiger partial charge in [-0.2, -0.15) is 0 Å². The maximum atomic E-state index is 14.6. The van der Waals surface area contributed by atoms with E-state index in [0.717, 1.165) is 0 Å². The maximum Gasteiger partial charge on any atom is 0.257 e. The highest BCUT2D eigenvalue weighted by Crippen LogP contribution is 2.27. The van der Waals surface area contributed by atoms with Crippen molar-refractivity contribution < 1.29 is 23.1 Å². The van der Waals surface area contributed by atoms with Crippen LogP contribution in [0.4, 0.5) is 4.39 Å². The Labute approximate surface area is 122 Å². The molecule has 1 aromatic rings. The van der Waals surface area contributed by atoms with E-state index < -0.39 is 11.6 Å². The molecule has 1 N–H and O–H groups in total. The summed E-state index contributed by atoms with van der Waals surface area (Å²) in [5, 5.41) is 2.51. The number of piperidine rings is 1. The normalized spacial score (nSPS) is 17.5. The Bertz CT molecular complexity index is 481. The summed E-state index contributed by atoms with van der Waals surface area (Å²) in [7, 11) is 1.51. The Kier molecular flexibility index (Phi) is 4.95. The first kappa shape index (κ1) is 15.5. The second kappa shape index (κ2) is 6.71. The summed E-state index contributed by atoms with van der Waals surface area (Å²) in [6.45, 7) is 1.03. The number of likely N-dealkylation sites (tertiary alicyclic amines) is 1. The monoisotopic (exact) mass is 298 g/mol. The summed E-state index contributed by atoms with van der Waals surface area (Å²) in [6, 6.07) is 1.57. The fourth-order valence-electron chi connectivity index (χ4n) is 2.29. The van der Waals surface area contributed by atoms with Gasteiger partial charge in [0.05, 0.1) is 18.4 Å². The molecule has 116 valence electrons. The quantitative estimate of drug-likeness (QED) is 0.823. The molecule has 1 fully saturated rings. The Morgan fingerprint density at radius 1 is 1.48 bits per heavy atom. The molecule has 7 heteroatoms. The number of carbonyl (C=O) groups excluding carboxylic acids is 2. The highest BCUT2D eigenvalue weighted by molar-refractivity contribution is 5.94. The van der Waals surface area contributed by atoms with Gasteiger partial charge in [0.25, 0.3) is 11.8 Å². The van der Waals surface area contributed by atoms with E-state index in [4.69, 9.17) is 9.15 Å². The van der Waals surface area contributed by atoms with Crippen molar-refractivity contribution in [2.45, 2.75) is 18.5 Å². The van der Waals surface area contributed by atoms with E-state index in [-0.39, 0.29) is 38.4 Å². The second-order valence-corrected chi connectivity index (χ2v) is 5.02. The zero-order valence-electron chi connectivity index (χ0n) is 11.9. The molecule has 0 aliphatic carbocycles. The first-order valence-corrected chi connectivity index (χ1v) is 6.84. The second-order valence-electron chi connectivity index (χ2n) is 5.02. The van der Waals surface area contributed by atoms with Gasteiger partial charge in [0.15, 0.2) is 5.67 Å². The number of nitrogens with one attached hydrogen (secondary N) is 1. The molecule has 2 amide bonds. The van der Waals surface area contributed by atoms with Crippen LogP contribution >= 0.6 is 0 Å². The summed E-state index contributed by atoms with van der Waals surface area (Å²) in [6.07, 6.45) is 2.77. The predicted octanol–water partition coefficient (Wildman–Crippen LogP) is 0.986. The van der Waals surface area contributed by atoms with Crippen LogP contribution in [0.2, 0.25) is 0 Å². The average Bonchev–Trinajstić information content (AvgIpc) is 3.01. The lowest BCUT2D eigenvalue weighted by molar-refractivity contribution is -0.135. The largest absolute Gasteiger partial charge is 0.472 e. The van der Waals surface area contributed by atoms with Gasteiger partial charge in [0, 0.05) is 39.6 Å². The summed E-state index contributed by atoms with van der Waals surface area (Å²) in [5.74, 6) is -0.833. The SMILES string of the molecule is COCCNC(=O)C1(F)CCN(C(=O)c2ccoc2)CC1. The Morgan fingerprint density at radius 3 is 2.76 bits per heavy atom. The van der Waals surface area contributed by atoms with Gasteiger partial charge < -0.3 is 19.4 Å². The van der Waals surface area contributed by atoms with E-state index in [1.54, 1.807) is 6.07 Å². The number of hydrogen-bond acceptors (Lipinski definition) is 4. The smallest absolute Gasteiger partial charge is 0.257 e. The summed E-state index contributed by atoms with van der Waals surface area (Å²) in [5.41, 5.74) is -1.48. The van der Waals surface area contributed by atoms with E-state index >= 15 is 0 Å². The number of hydrogen-bond donors (Lipinski definition) is 1. The number of halogens is 1. The molecule has 2 heterocycles. The van der Waals surface area contributed by atoms with Gasteiger partial charge in [-0.1, -0.05) is 0 Å². The minimum atomic E-state index is -1.92. The molecular formula is C14H19FN2O4. The van der Waals surface area contributed by atoms with Crippen molar-refractivity contribution in [3.05, 3.63) is 24.2 Å². The van der Waals surface area contributed by atoms with E-state index in [2.05, 4.69) is 5.32 Å². The van der Waals surface area contributed by atoms with Crippen molar-refractivity contribution in [3.8, 4) is 0 Å². The lowest BCUT2D eigenvalue weighted by Crippen LogP contribution is -2.52. The first-order chi connectivity index (χ1) is 10.1. The van der Waals surface area contributed by atoms with Crippen molar-refractivity contribution in [1.29, 1.82) is 0 Å². The molecule has 1 aliphatic rings. The predicted molar refractivity (Wildman–Crippen MR) is 72.6 cm³/mol. The number of ether oxygens (including phenoxy) is 1. The molecule has 0 bridgehead atoms. The van der Waals surface area contributed by atoms with Crippen LogP contribution < -0.4 is 5.32 Å². The summed E-state index contributed by atoms with van der Waals surface area (Å²) in [4.78, 5) is 25.5. The van der Waals surface area contributed by atoms with Gasteiger partial charge in [0.2, 0.25) is 0 Å². The van der Waals surface area contributed by atoms with Crippen molar-refractivity contribution in [3.63, 3.8) is 0 Å². The maximum absolute atomic E-state index is 14.6. The molecule has 1 aromatic heterocycles. The van der Waals surface area contributed by atoms with Crippen LogP contribution in [0, 0.1) is 0 Å². The van der Waals surface area contributed by atoms with Crippen LogP contribution in [-0.2, 0) is 9.53 Å². The Balaban J connectivity index is 1.87. The molecule has 21 heavy (non-hydrogen) atoms. The number of furan rings is 1. The number of amides is 2. The number of nitrogens with zero attached hydrogens (tertiary/aromatic N) is 1. The molecule has 1 aliphatic heterocycles. The van der Waals surface area contributed by atoms with E-state index in [1.165, 1.54) is 24.5 Å². The zero-order valence-corrected chi connectivity index (χ0v) is 11.9. The molecule has 0 radical (unpaired) electrons. The minimum absolute atomic E-state index is 0.00456. The first-order valence-electron chi connectivity index (χ1n) is 6.84. The van der Waals surface area contributed by atoms with Gasteiger partial charge in [-0.05, 0) is 6.07 Å². The average molecular weight is 298 g/mol. The third-order valence-electron chi connectivity index (χ3n) is 3.61. The van der Waals surface area contributed by atoms with E-state index in [9.17, 15) is 14.0 Å². The third kappa shape index (κ3) is 3.60. The molecule has 0 aromatic carbocycles. The van der Waals surface area contributed by atoms with Crippen molar-refractivity contribution in [1.82, 2.24) is 10.2 Å². The third-order valence-corrected chi connectivity index (χ3v) is 3.61. The fourth-order valence-corrected chi connectivity index (χ4v) is 2.29. The van der Waals surface area contributed by atoms with Crippen LogP contribution in [0.15, 0.2) is 23.0 Å².